The first-order valence-electron chi connectivity index (χ1n) is 14.3. The van der Waals surface area contributed by atoms with Crippen molar-refractivity contribution in [2.75, 3.05) is 13.1 Å². The van der Waals surface area contributed by atoms with Gasteiger partial charge in [0.25, 0.3) is 0 Å². The van der Waals surface area contributed by atoms with Crippen LogP contribution in [0.5, 0.6) is 0 Å². The molecule has 0 bridgehead atoms. The summed E-state index contributed by atoms with van der Waals surface area (Å²) in [5, 5.41) is 18.1. The van der Waals surface area contributed by atoms with Crippen LogP contribution in [-0.4, -0.2) is 64.5 Å². The second-order valence-corrected chi connectivity index (χ2v) is 12.6. The number of ether oxygens (including phenoxy) is 1. The molecule has 1 saturated heterocycles. The lowest BCUT2D eigenvalue weighted by atomic mass is 9.84. The number of nitrogens with two attached hydrogens (primary N) is 1. The number of hydrogen-bond donors (Lipinski definition) is 4. The molecule has 4 rings (SSSR count). The third-order valence-electron chi connectivity index (χ3n) is 7.10. The van der Waals surface area contributed by atoms with Gasteiger partial charge in [-0.15, -0.1) is 11.3 Å². The molecule has 3 aromatic rings. The number of benzene rings is 2. The van der Waals surface area contributed by atoms with Gasteiger partial charge in [-0.2, -0.15) is 0 Å². The first-order chi connectivity index (χ1) is 20.6. The molecule has 0 unspecified atom stereocenters. The molecule has 5 N–H and O–H groups in total. The lowest BCUT2D eigenvalue weighted by Crippen LogP contribution is -2.55. The number of carbonyl (C=O) groups excluding carboxylic acids is 3. The van der Waals surface area contributed by atoms with Gasteiger partial charge in [0.15, 0.2) is 5.84 Å². The minimum Gasteiger partial charge on any atom is -0.459 e. The van der Waals surface area contributed by atoms with E-state index >= 15 is 0 Å². The summed E-state index contributed by atoms with van der Waals surface area (Å²) < 4.78 is 5.52. The Balaban J connectivity index is 1.58. The molecule has 10 nitrogen and oxygen atoms in total. The molecular weight excluding hydrogens is 566 g/mol. The number of thiophene rings is 1. The van der Waals surface area contributed by atoms with Crippen molar-refractivity contribution in [2.24, 2.45) is 10.9 Å². The van der Waals surface area contributed by atoms with E-state index in [4.69, 9.17) is 15.7 Å². The normalized spacial score (nSPS) is 16.2. The number of nitrogens with zero attached hydrogens (tertiary/aromatic N) is 2. The van der Waals surface area contributed by atoms with Gasteiger partial charge in [-0.3, -0.25) is 19.7 Å². The summed E-state index contributed by atoms with van der Waals surface area (Å²) in [5.41, 5.74) is 6.81. The minimum atomic E-state index is -0.841. The van der Waals surface area contributed by atoms with Crippen molar-refractivity contribution in [1.29, 1.82) is 0 Å². The van der Waals surface area contributed by atoms with Crippen molar-refractivity contribution < 1.29 is 24.3 Å². The van der Waals surface area contributed by atoms with E-state index < -0.39 is 29.6 Å². The van der Waals surface area contributed by atoms with E-state index in [-0.39, 0.29) is 30.7 Å². The molecule has 43 heavy (non-hydrogen) atoms. The number of amidine groups is 1. The first kappa shape index (κ1) is 31.7. The topological polar surface area (TPSA) is 146 Å². The molecule has 228 valence electrons. The Bertz CT molecular complexity index is 1380. The molecule has 0 spiro atoms. The van der Waals surface area contributed by atoms with Crippen LogP contribution >= 0.6 is 11.3 Å². The third-order valence-corrected chi connectivity index (χ3v) is 8.21. The number of amides is 2. The summed E-state index contributed by atoms with van der Waals surface area (Å²) in [4.78, 5) is 43.6. The van der Waals surface area contributed by atoms with Crippen LogP contribution in [0.4, 0.5) is 0 Å². The monoisotopic (exact) mass is 605 g/mol. The smallest absolute Gasteiger partial charge is 0.320 e. The lowest BCUT2D eigenvalue weighted by Gasteiger charge is -2.34. The highest BCUT2D eigenvalue weighted by molar-refractivity contribution is 7.14. The fourth-order valence-electron chi connectivity index (χ4n) is 5.25. The van der Waals surface area contributed by atoms with Gasteiger partial charge >= 0.3 is 5.97 Å². The molecular formula is C32H39N5O5S. The second-order valence-electron chi connectivity index (χ2n) is 11.4. The fourth-order valence-corrected chi connectivity index (χ4v) is 6.09. The highest BCUT2D eigenvalue weighted by atomic mass is 32.1. The maximum atomic E-state index is 14.4. The standard InChI is InChI=1S/C32H39N5O5S/c1-32(2,3)42-26(38)20-34-28(27(21-11-6-4-7-12-21)22-13-8-5-9-14-22)31(40)37-18-10-15-24(37)30(39)35-19-23-16-17-25(43-23)29(33)36-41/h4-9,11-14,16-17,24,27-28,34,41H,10,15,18-20H2,1-3H3,(H2,33,36)(H,35,39)/t24-,28+/m0/s1. The molecule has 2 atom stereocenters. The third kappa shape index (κ3) is 8.42. The SMILES string of the molecule is CC(C)(C)OC(=O)CN[C@@H](C(=O)N1CCC[C@H]1C(=O)NCc1ccc(/C(N)=N\O)s1)C(c1ccccc1)c1ccccc1. The largest absolute Gasteiger partial charge is 0.459 e. The Labute approximate surface area is 255 Å². The van der Waals surface area contributed by atoms with Gasteiger partial charge in [0.05, 0.1) is 24.0 Å². The van der Waals surface area contributed by atoms with Gasteiger partial charge in [-0.1, -0.05) is 65.8 Å². The molecule has 0 aliphatic carbocycles. The summed E-state index contributed by atoms with van der Waals surface area (Å²) in [6, 6.07) is 21.4. The van der Waals surface area contributed by atoms with E-state index in [0.717, 1.165) is 16.0 Å². The quantitative estimate of drug-likeness (QED) is 0.0859. The van der Waals surface area contributed by atoms with E-state index in [2.05, 4.69) is 15.8 Å². The number of oxime groups is 1. The summed E-state index contributed by atoms with van der Waals surface area (Å²) in [5.74, 6) is -1.41. The number of rotatable bonds is 11. The highest BCUT2D eigenvalue weighted by Gasteiger charge is 2.41. The minimum absolute atomic E-state index is 0.00597. The van der Waals surface area contributed by atoms with E-state index in [9.17, 15) is 14.4 Å². The van der Waals surface area contributed by atoms with Crippen molar-refractivity contribution in [3.05, 3.63) is 93.7 Å². The zero-order valence-electron chi connectivity index (χ0n) is 24.7. The number of nitrogens with one attached hydrogen (secondary N) is 2. The molecule has 2 amide bonds. The van der Waals surface area contributed by atoms with Gasteiger partial charge in [0.2, 0.25) is 11.8 Å². The molecule has 1 aliphatic heterocycles. The molecule has 11 heteroatoms. The van der Waals surface area contributed by atoms with Gasteiger partial charge in [0.1, 0.15) is 11.6 Å². The van der Waals surface area contributed by atoms with Gasteiger partial charge in [0, 0.05) is 17.3 Å². The number of likely N-dealkylation sites (tertiary alicyclic amines) is 1. The zero-order valence-corrected chi connectivity index (χ0v) is 25.5. The summed E-state index contributed by atoms with van der Waals surface area (Å²) >= 11 is 1.31. The molecule has 1 aromatic heterocycles. The Hall–Kier alpha value is -4.22. The van der Waals surface area contributed by atoms with Crippen LogP contribution < -0.4 is 16.4 Å². The van der Waals surface area contributed by atoms with Crippen LogP contribution in [0.2, 0.25) is 0 Å². The van der Waals surface area contributed by atoms with Crippen LogP contribution in [-0.2, 0) is 25.7 Å². The molecule has 0 radical (unpaired) electrons. The summed E-state index contributed by atoms with van der Waals surface area (Å²) in [7, 11) is 0. The Kier molecular flexibility index (Phi) is 10.5. The van der Waals surface area contributed by atoms with Crippen molar-refractivity contribution in [3.63, 3.8) is 0 Å². The maximum Gasteiger partial charge on any atom is 0.320 e. The second kappa shape index (κ2) is 14.3. The lowest BCUT2D eigenvalue weighted by molar-refractivity contribution is -0.154. The maximum absolute atomic E-state index is 14.4. The van der Waals surface area contributed by atoms with Gasteiger partial charge in [-0.05, 0) is 56.9 Å². The van der Waals surface area contributed by atoms with E-state index in [1.807, 2.05) is 60.7 Å². The van der Waals surface area contributed by atoms with Crippen LogP contribution in [0, 0.1) is 0 Å². The molecule has 2 aromatic carbocycles. The zero-order chi connectivity index (χ0) is 31.0. The Morgan fingerprint density at radius 2 is 1.67 bits per heavy atom. The summed E-state index contributed by atoms with van der Waals surface area (Å²) in [6.07, 6.45) is 1.20. The molecule has 1 fully saturated rings. The molecule has 0 saturated carbocycles. The van der Waals surface area contributed by atoms with Gasteiger partial charge in [-0.25, -0.2) is 0 Å². The predicted molar refractivity (Wildman–Crippen MR) is 166 cm³/mol. The van der Waals surface area contributed by atoms with E-state index in [0.29, 0.717) is 24.3 Å². The molecule has 1 aliphatic rings. The van der Waals surface area contributed by atoms with Crippen LogP contribution in [0.3, 0.4) is 0 Å². The Morgan fingerprint density at radius 1 is 1.05 bits per heavy atom. The van der Waals surface area contributed by atoms with Crippen molar-refractivity contribution >= 4 is 35.0 Å². The van der Waals surface area contributed by atoms with Crippen molar-refractivity contribution in [2.45, 2.75) is 63.8 Å². The van der Waals surface area contributed by atoms with Crippen LogP contribution in [0.15, 0.2) is 78.0 Å². The van der Waals surface area contributed by atoms with E-state index in [1.54, 1.807) is 37.8 Å². The predicted octanol–water partition coefficient (Wildman–Crippen LogP) is 3.58. The number of carbonyl (C=O) groups is 3. The average molecular weight is 606 g/mol. The highest BCUT2D eigenvalue weighted by Crippen LogP contribution is 2.31. The molecule has 2 heterocycles. The van der Waals surface area contributed by atoms with Gasteiger partial charge < -0.3 is 25.9 Å². The van der Waals surface area contributed by atoms with Crippen LogP contribution in [0.1, 0.15) is 60.4 Å². The fraction of sp³-hybridized carbons (Fsp3) is 0.375. The Morgan fingerprint density at radius 3 is 2.26 bits per heavy atom. The van der Waals surface area contributed by atoms with Crippen molar-refractivity contribution in [3.8, 4) is 0 Å². The number of esters is 1. The number of hydrogen-bond acceptors (Lipinski definition) is 8. The van der Waals surface area contributed by atoms with Crippen LogP contribution in [0.25, 0.3) is 0 Å². The summed E-state index contributed by atoms with van der Waals surface area (Å²) in [6.45, 7) is 5.88. The first-order valence-corrected chi connectivity index (χ1v) is 15.1. The van der Waals surface area contributed by atoms with Crippen molar-refractivity contribution in [1.82, 2.24) is 15.5 Å². The average Bonchev–Trinajstić information content (AvgIpc) is 3.68. The van der Waals surface area contributed by atoms with E-state index in [1.165, 1.54) is 11.3 Å².